The van der Waals surface area contributed by atoms with Crippen LogP contribution < -0.4 is 20.7 Å². The molecule has 3 N–H and O–H groups in total. The van der Waals surface area contributed by atoms with E-state index in [1.807, 2.05) is 0 Å². The molecule has 0 radical (unpaired) electrons. The number of hydrogen-bond donors (Lipinski definition) is 3. The first kappa shape index (κ1) is 36.1. The van der Waals surface area contributed by atoms with Gasteiger partial charge in [0, 0.05) is 18.8 Å². The highest BCUT2D eigenvalue weighted by Crippen LogP contribution is 2.37. The predicted octanol–water partition coefficient (Wildman–Crippen LogP) is 7.39. The number of anilines is 1. The largest absolute Gasteiger partial charge is 0.487 e. The molecule has 7 nitrogen and oxygen atoms in total. The van der Waals surface area contributed by atoms with Crippen molar-refractivity contribution in [3.63, 3.8) is 0 Å². The average Bonchev–Trinajstić information content (AvgIpc) is 2.97. The molecule has 0 bridgehead atoms. The van der Waals surface area contributed by atoms with Crippen LogP contribution in [0.15, 0.2) is 60.7 Å². The first-order valence-electron chi connectivity index (χ1n) is 13.2. The van der Waals surface area contributed by atoms with Crippen LogP contribution in [0.2, 0.25) is 5.02 Å². The van der Waals surface area contributed by atoms with Gasteiger partial charge in [-0.3, -0.25) is 14.4 Å². The summed E-state index contributed by atoms with van der Waals surface area (Å²) in [7, 11) is 0. The van der Waals surface area contributed by atoms with Gasteiger partial charge >= 0.3 is 12.4 Å². The van der Waals surface area contributed by atoms with Crippen molar-refractivity contribution in [3.05, 3.63) is 93.5 Å². The van der Waals surface area contributed by atoms with Crippen molar-refractivity contribution in [2.75, 3.05) is 11.9 Å². The highest BCUT2D eigenvalue weighted by Gasteiger charge is 2.52. The molecule has 3 rings (SSSR count). The fraction of sp³-hybridized carbons (Fsp3) is 0.300. The van der Waals surface area contributed by atoms with Gasteiger partial charge in [0.15, 0.2) is 0 Å². The number of carbonyl (C=O) groups excluding carboxylic acids is 3. The number of halogens is 9. The summed E-state index contributed by atoms with van der Waals surface area (Å²) in [6, 6.07) is 11.5. The Balaban J connectivity index is 1.80. The lowest BCUT2D eigenvalue weighted by atomic mass is 9.91. The van der Waals surface area contributed by atoms with Crippen LogP contribution in [0.3, 0.4) is 0 Å². The Labute approximate surface area is 262 Å². The van der Waals surface area contributed by atoms with Crippen LogP contribution in [0.5, 0.6) is 5.75 Å². The minimum atomic E-state index is -4.81. The lowest BCUT2D eigenvalue weighted by Crippen LogP contribution is -2.46. The zero-order chi connectivity index (χ0) is 34.4. The van der Waals surface area contributed by atoms with Crippen LogP contribution in [-0.2, 0) is 24.1 Å². The van der Waals surface area contributed by atoms with Gasteiger partial charge in [-0.2, -0.15) is 26.3 Å². The van der Waals surface area contributed by atoms with E-state index in [0.717, 1.165) is 30.3 Å². The van der Waals surface area contributed by atoms with Crippen LogP contribution in [0.1, 0.15) is 51.3 Å². The Hall–Kier alpha value is -4.40. The first-order valence-corrected chi connectivity index (χ1v) is 13.6. The molecule has 0 aliphatic carbocycles. The van der Waals surface area contributed by atoms with E-state index in [-0.39, 0.29) is 51.8 Å². The molecular weight excluding hydrogens is 654 g/mol. The van der Waals surface area contributed by atoms with Crippen molar-refractivity contribution < 1.29 is 54.2 Å². The summed E-state index contributed by atoms with van der Waals surface area (Å²) in [4.78, 5) is 38.2. The van der Waals surface area contributed by atoms with E-state index in [9.17, 15) is 49.5 Å². The van der Waals surface area contributed by atoms with Gasteiger partial charge in [-0.25, -0.2) is 8.78 Å². The molecule has 0 saturated carbocycles. The van der Waals surface area contributed by atoms with E-state index in [4.69, 9.17) is 16.3 Å². The first-order chi connectivity index (χ1) is 21.3. The van der Waals surface area contributed by atoms with E-state index in [1.165, 1.54) is 30.3 Å². The average molecular weight is 680 g/mol. The van der Waals surface area contributed by atoms with Gasteiger partial charge < -0.3 is 20.7 Å². The van der Waals surface area contributed by atoms with Crippen molar-refractivity contribution in [2.24, 2.45) is 5.41 Å². The number of benzene rings is 3. The molecule has 0 spiro atoms. The van der Waals surface area contributed by atoms with Crippen LogP contribution in [0.25, 0.3) is 0 Å². The number of ether oxygens (including phenoxy) is 1. The molecule has 0 unspecified atom stereocenters. The van der Waals surface area contributed by atoms with Gasteiger partial charge in [-0.15, -0.1) is 0 Å². The summed E-state index contributed by atoms with van der Waals surface area (Å²) in [5.74, 6) is -3.37. The SMILES string of the molecule is CC(C)(C(=O)NCc1ccc(Cl)c(C(=O)Nc2ccc(OCC(F)F)c(C(=O)NCc3cccc(C(F)(F)F)c3)c2)c1)C(F)(F)F. The van der Waals surface area contributed by atoms with Crippen molar-refractivity contribution >= 4 is 35.0 Å². The molecule has 46 heavy (non-hydrogen) atoms. The highest BCUT2D eigenvalue weighted by molar-refractivity contribution is 6.34. The minimum absolute atomic E-state index is 0.0414. The molecular formula is C30H26ClF8N3O4. The standard InChI is InChI=1S/C30H26ClF8N3O4/c1-28(2,30(37,38)39)27(45)41-14-17-6-8-22(31)20(11-17)26(44)42-19-7-9-23(46-15-24(32)33)21(12-19)25(43)40-13-16-4-3-5-18(10-16)29(34,35)36/h3-12,24H,13-15H2,1-2H3,(H,40,43)(H,41,45)(H,42,44). The number of hydrogen-bond acceptors (Lipinski definition) is 4. The number of carbonyl (C=O) groups is 3. The topological polar surface area (TPSA) is 96.5 Å². The van der Waals surface area contributed by atoms with E-state index < -0.39 is 54.1 Å². The van der Waals surface area contributed by atoms with Crippen molar-refractivity contribution in [2.45, 2.75) is 45.7 Å². The molecule has 3 aromatic rings. The van der Waals surface area contributed by atoms with E-state index in [1.54, 1.807) is 0 Å². The summed E-state index contributed by atoms with van der Waals surface area (Å²) in [6.45, 7) is -0.396. The van der Waals surface area contributed by atoms with Crippen molar-refractivity contribution in [3.8, 4) is 5.75 Å². The maximum Gasteiger partial charge on any atom is 0.416 e. The molecule has 0 aliphatic rings. The fourth-order valence-electron chi connectivity index (χ4n) is 3.79. The van der Waals surface area contributed by atoms with Gasteiger partial charge in [0.05, 0.1) is 21.7 Å². The molecule has 0 aliphatic heterocycles. The van der Waals surface area contributed by atoms with Gasteiger partial charge in [0.1, 0.15) is 17.8 Å². The summed E-state index contributed by atoms with van der Waals surface area (Å²) >= 11 is 6.15. The molecule has 0 fully saturated rings. The van der Waals surface area contributed by atoms with Gasteiger partial charge in [0.2, 0.25) is 5.91 Å². The normalized spacial score (nSPS) is 12.1. The maximum atomic E-state index is 13.2. The Morgan fingerprint density at radius 1 is 0.804 bits per heavy atom. The highest BCUT2D eigenvalue weighted by atomic mass is 35.5. The molecule has 0 saturated heterocycles. The Morgan fingerprint density at radius 2 is 1.46 bits per heavy atom. The second kappa shape index (κ2) is 14.4. The Morgan fingerprint density at radius 3 is 2.09 bits per heavy atom. The third kappa shape index (κ3) is 9.31. The summed E-state index contributed by atoms with van der Waals surface area (Å²) in [5.41, 5.74) is -3.83. The summed E-state index contributed by atoms with van der Waals surface area (Å²) in [5, 5.41) is 6.92. The van der Waals surface area contributed by atoms with Crippen LogP contribution in [0.4, 0.5) is 40.8 Å². The van der Waals surface area contributed by atoms with Gasteiger partial charge in [-0.05, 0) is 67.4 Å². The zero-order valence-corrected chi connectivity index (χ0v) is 24.8. The predicted molar refractivity (Wildman–Crippen MR) is 152 cm³/mol. The minimum Gasteiger partial charge on any atom is -0.487 e. The number of nitrogens with one attached hydrogen (secondary N) is 3. The Bertz CT molecular complexity index is 1590. The maximum absolute atomic E-state index is 13.2. The zero-order valence-electron chi connectivity index (χ0n) is 24.0. The van der Waals surface area contributed by atoms with E-state index >= 15 is 0 Å². The number of rotatable bonds is 11. The smallest absolute Gasteiger partial charge is 0.416 e. The second-order valence-electron chi connectivity index (χ2n) is 10.4. The quantitative estimate of drug-likeness (QED) is 0.184. The molecule has 16 heteroatoms. The van der Waals surface area contributed by atoms with Crippen molar-refractivity contribution in [1.82, 2.24) is 10.6 Å². The van der Waals surface area contributed by atoms with Gasteiger partial charge in [0.25, 0.3) is 18.2 Å². The Kier molecular flexibility index (Phi) is 11.3. The van der Waals surface area contributed by atoms with E-state index in [0.29, 0.717) is 13.8 Å². The van der Waals surface area contributed by atoms with Crippen LogP contribution in [0, 0.1) is 5.41 Å². The third-order valence-electron chi connectivity index (χ3n) is 6.56. The lowest BCUT2D eigenvalue weighted by Gasteiger charge is -2.26. The summed E-state index contributed by atoms with van der Waals surface area (Å²) < 4.78 is 109. The van der Waals surface area contributed by atoms with Crippen LogP contribution in [-0.4, -0.2) is 36.9 Å². The molecule has 0 atom stereocenters. The number of amides is 3. The lowest BCUT2D eigenvalue weighted by molar-refractivity contribution is -0.211. The second-order valence-corrected chi connectivity index (χ2v) is 10.8. The summed E-state index contributed by atoms with van der Waals surface area (Å²) in [6.07, 6.45) is -12.3. The van der Waals surface area contributed by atoms with Gasteiger partial charge in [-0.1, -0.05) is 29.8 Å². The van der Waals surface area contributed by atoms with Crippen LogP contribution >= 0.6 is 11.6 Å². The molecule has 0 heterocycles. The molecule has 248 valence electrons. The molecule has 3 aromatic carbocycles. The third-order valence-corrected chi connectivity index (χ3v) is 6.89. The number of alkyl halides is 8. The van der Waals surface area contributed by atoms with Crippen molar-refractivity contribution in [1.29, 1.82) is 0 Å². The molecule has 0 aromatic heterocycles. The monoisotopic (exact) mass is 679 g/mol. The molecule has 3 amide bonds. The van der Waals surface area contributed by atoms with E-state index in [2.05, 4.69) is 16.0 Å². The fourth-order valence-corrected chi connectivity index (χ4v) is 3.99.